The van der Waals surface area contributed by atoms with Crippen molar-refractivity contribution in [3.8, 4) is 0 Å². The van der Waals surface area contributed by atoms with Crippen molar-refractivity contribution in [1.82, 2.24) is 9.88 Å². The Morgan fingerprint density at radius 2 is 2.24 bits per heavy atom. The Morgan fingerprint density at radius 3 is 3.00 bits per heavy atom. The van der Waals surface area contributed by atoms with Gasteiger partial charge in [0.1, 0.15) is 6.23 Å². The predicted molar refractivity (Wildman–Crippen MR) is 83.4 cm³/mol. The van der Waals surface area contributed by atoms with Gasteiger partial charge < -0.3 is 15.6 Å². The molecule has 1 aliphatic carbocycles. The molecule has 4 atom stereocenters. The summed E-state index contributed by atoms with van der Waals surface area (Å²) in [6.07, 6.45) is -1.70. The van der Waals surface area contributed by atoms with E-state index in [1.165, 1.54) is 0 Å². The van der Waals surface area contributed by atoms with Gasteiger partial charge in [0.15, 0.2) is 0 Å². The van der Waals surface area contributed by atoms with Crippen LogP contribution in [0.25, 0.3) is 0 Å². The fraction of sp³-hybridized carbons (Fsp3) is 0.706. The van der Waals surface area contributed by atoms with Crippen LogP contribution < -0.4 is 5.73 Å². The first-order chi connectivity index (χ1) is 11.8. The third kappa shape index (κ3) is 2.85. The number of aliphatic hydroxyl groups is 1. The van der Waals surface area contributed by atoms with Crippen molar-refractivity contribution in [1.29, 1.82) is 0 Å². The van der Waals surface area contributed by atoms with E-state index in [1.807, 2.05) is 4.90 Å². The normalized spacial score (nSPS) is 34.0. The van der Waals surface area contributed by atoms with E-state index in [1.54, 1.807) is 0 Å². The monoisotopic (exact) mass is 357 g/mol. The van der Waals surface area contributed by atoms with Gasteiger partial charge in [-0.25, -0.2) is 0 Å². The number of alkyl halides is 3. The van der Waals surface area contributed by atoms with E-state index in [-0.39, 0.29) is 18.7 Å². The maximum Gasteiger partial charge on any atom is 0.417 e. The van der Waals surface area contributed by atoms with Gasteiger partial charge in [-0.3, -0.25) is 9.88 Å². The van der Waals surface area contributed by atoms with Gasteiger partial charge in [0.05, 0.1) is 11.7 Å². The van der Waals surface area contributed by atoms with Gasteiger partial charge in [0.25, 0.3) is 0 Å². The summed E-state index contributed by atoms with van der Waals surface area (Å²) in [5, 5.41) is 11.1. The molecule has 0 unspecified atom stereocenters. The minimum atomic E-state index is -4.41. The van der Waals surface area contributed by atoms with Crippen LogP contribution in [-0.4, -0.2) is 46.5 Å². The van der Waals surface area contributed by atoms with E-state index >= 15 is 0 Å². The summed E-state index contributed by atoms with van der Waals surface area (Å²) in [5.41, 5.74) is 6.14. The molecule has 1 saturated heterocycles. The average Bonchev–Trinajstić information content (AvgIpc) is 3.09. The highest BCUT2D eigenvalue weighted by Crippen LogP contribution is 2.50. The number of hydrogen-bond acceptors (Lipinski definition) is 5. The van der Waals surface area contributed by atoms with E-state index in [0.29, 0.717) is 37.3 Å². The lowest BCUT2D eigenvalue weighted by Gasteiger charge is -2.42. The molecule has 5 nitrogen and oxygen atoms in total. The summed E-state index contributed by atoms with van der Waals surface area (Å²) >= 11 is 0. The standard InChI is InChI=1S/C17H22F3N3O2/c18-17(19,20)11-5-10-9-23(3-1-13(10)22-8-11)15(24)16-2-4-25-14(16)6-12(21)7-16/h5,8,12,14-15,24H,1-4,6-7,9,21H2/t12-,14-,15-,16-/m1/s1. The number of fused-ring (bicyclic) bond motifs is 2. The lowest BCUT2D eigenvalue weighted by molar-refractivity contribution is -0.138. The van der Waals surface area contributed by atoms with Gasteiger partial charge in [-0.1, -0.05) is 0 Å². The SMILES string of the molecule is N[C@@H]1C[C@H]2OCC[C@@]2([C@@H](O)N2CCc3ncc(C(F)(F)F)cc3C2)C1. The molecular formula is C17H22F3N3O2. The second kappa shape index (κ2) is 5.90. The van der Waals surface area contributed by atoms with E-state index in [4.69, 9.17) is 10.5 Å². The molecule has 0 aromatic carbocycles. The van der Waals surface area contributed by atoms with Crippen molar-refractivity contribution >= 4 is 0 Å². The van der Waals surface area contributed by atoms with Crippen LogP contribution in [0.1, 0.15) is 36.1 Å². The molecule has 1 aromatic rings. The zero-order valence-corrected chi connectivity index (χ0v) is 13.8. The lowest BCUT2D eigenvalue weighted by atomic mass is 9.79. The highest BCUT2D eigenvalue weighted by Gasteiger charge is 2.56. The Labute approximate surface area is 144 Å². The van der Waals surface area contributed by atoms with Crippen molar-refractivity contribution in [3.63, 3.8) is 0 Å². The Morgan fingerprint density at radius 1 is 1.44 bits per heavy atom. The summed E-state index contributed by atoms with van der Waals surface area (Å²) in [6, 6.07) is 1.15. The Balaban J connectivity index is 1.57. The number of ether oxygens (including phenoxy) is 1. The quantitative estimate of drug-likeness (QED) is 0.843. The van der Waals surface area contributed by atoms with Crippen molar-refractivity contribution in [2.24, 2.45) is 11.1 Å². The Kier molecular flexibility index (Phi) is 4.06. The number of rotatable bonds is 2. The lowest BCUT2D eigenvalue weighted by Crippen LogP contribution is -2.51. The van der Waals surface area contributed by atoms with Gasteiger partial charge in [-0.2, -0.15) is 13.2 Å². The molecule has 3 N–H and O–H groups in total. The average molecular weight is 357 g/mol. The number of hydrogen-bond donors (Lipinski definition) is 2. The van der Waals surface area contributed by atoms with E-state index < -0.39 is 23.4 Å². The first-order valence-electron chi connectivity index (χ1n) is 8.64. The third-order valence-electron chi connectivity index (χ3n) is 5.94. The first kappa shape index (κ1) is 17.2. The zero-order valence-electron chi connectivity index (χ0n) is 13.8. The molecule has 1 aromatic heterocycles. The number of halogens is 3. The topological polar surface area (TPSA) is 71.6 Å². The summed E-state index contributed by atoms with van der Waals surface area (Å²) < 4.78 is 44.6. The van der Waals surface area contributed by atoms with Crippen LogP contribution in [0.3, 0.4) is 0 Å². The Bertz CT molecular complexity index is 669. The number of nitrogens with two attached hydrogens (primary N) is 1. The minimum Gasteiger partial charge on any atom is -0.378 e. The second-order valence-electron chi connectivity index (χ2n) is 7.46. The predicted octanol–water partition coefficient (Wildman–Crippen LogP) is 1.67. The molecule has 4 rings (SSSR count). The number of pyridine rings is 1. The summed E-state index contributed by atoms with van der Waals surface area (Å²) in [7, 11) is 0. The summed E-state index contributed by atoms with van der Waals surface area (Å²) in [5.74, 6) is 0. The van der Waals surface area contributed by atoms with Gasteiger partial charge in [0.2, 0.25) is 0 Å². The summed E-state index contributed by atoms with van der Waals surface area (Å²) in [4.78, 5) is 5.83. The fourth-order valence-corrected chi connectivity index (χ4v) is 4.68. The van der Waals surface area contributed by atoms with E-state index in [0.717, 1.165) is 25.1 Å². The number of aliphatic hydroxyl groups excluding tert-OH is 1. The molecule has 3 heterocycles. The maximum absolute atomic E-state index is 12.9. The number of aromatic nitrogens is 1. The van der Waals surface area contributed by atoms with Crippen LogP contribution in [0.15, 0.2) is 12.3 Å². The third-order valence-corrected chi connectivity index (χ3v) is 5.94. The molecule has 8 heteroatoms. The molecule has 25 heavy (non-hydrogen) atoms. The molecule has 138 valence electrons. The van der Waals surface area contributed by atoms with Gasteiger partial charge >= 0.3 is 6.18 Å². The van der Waals surface area contributed by atoms with Crippen molar-refractivity contribution in [3.05, 3.63) is 29.1 Å². The molecule has 0 amide bonds. The molecule has 0 bridgehead atoms. The first-order valence-corrected chi connectivity index (χ1v) is 8.64. The Hall–Kier alpha value is -1.22. The largest absolute Gasteiger partial charge is 0.417 e. The van der Waals surface area contributed by atoms with Crippen LogP contribution in [-0.2, 0) is 23.9 Å². The molecule has 0 radical (unpaired) electrons. The van der Waals surface area contributed by atoms with Crippen molar-refractivity contribution in [2.45, 2.75) is 56.8 Å². The highest BCUT2D eigenvalue weighted by atomic mass is 19.4. The van der Waals surface area contributed by atoms with Crippen LogP contribution in [0.4, 0.5) is 13.2 Å². The van der Waals surface area contributed by atoms with E-state index in [9.17, 15) is 18.3 Å². The zero-order chi connectivity index (χ0) is 17.8. The second-order valence-corrected chi connectivity index (χ2v) is 7.46. The van der Waals surface area contributed by atoms with Crippen molar-refractivity contribution in [2.75, 3.05) is 13.2 Å². The fourth-order valence-electron chi connectivity index (χ4n) is 4.68. The van der Waals surface area contributed by atoms with Crippen LogP contribution in [0, 0.1) is 5.41 Å². The van der Waals surface area contributed by atoms with Gasteiger partial charge in [-0.15, -0.1) is 0 Å². The molecule has 3 aliphatic rings. The summed E-state index contributed by atoms with van der Waals surface area (Å²) in [6.45, 7) is 1.42. The van der Waals surface area contributed by atoms with Crippen LogP contribution in [0.2, 0.25) is 0 Å². The van der Waals surface area contributed by atoms with Gasteiger partial charge in [0, 0.05) is 49.5 Å². The minimum absolute atomic E-state index is 0.00414. The molecule has 0 spiro atoms. The molecular weight excluding hydrogens is 335 g/mol. The molecule has 2 aliphatic heterocycles. The van der Waals surface area contributed by atoms with Gasteiger partial charge in [-0.05, 0) is 30.9 Å². The molecule has 1 saturated carbocycles. The van der Waals surface area contributed by atoms with E-state index in [2.05, 4.69) is 4.98 Å². The number of nitrogens with zero attached hydrogens (tertiary/aromatic N) is 2. The maximum atomic E-state index is 12.9. The highest BCUT2D eigenvalue weighted by molar-refractivity contribution is 5.29. The smallest absolute Gasteiger partial charge is 0.378 e. The molecule has 2 fully saturated rings. The van der Waals surface area contributed by atoms with Crippen LogP contribution >= 0.6 is 0 Å². The van der Waals surface area contributed by atoms with Crippen LogP contribution in [0.5, 0.6) is 0 Å². The van der Waals surface area contributed by atoms with Crippen molar-refractivity contribution < 1.29 is 23.0 Å².